The van der Waals surface area contributed by atoms with Crippen molar-refractivity contribution in [1.29, 1.82) is 0 Å². The molecule has 108 valence electrons. The van der Waals surface area contributed by atoms with Crippen LogP contribution in [0.2, 0.25) is 8.67 Å². The SMILES string of the molecule is CCCNC(c1cc(C)cc(F)c1)c1cc(Cl)sc1Cl. The van der Waals surface area contributed by atoms with Gasteiger partial charge in [0, 0.05) is 5.56 Å². The second-order valence-electron chi connectivity index (χ2n) is 4.73. The number of halogens is 3. The van der Waals surface area contributed by atoms with Gasteiger partial charge in [-0.1, -0.05) is 36.2 Å². The van der Waals surface area contributed by atoms with Crippen LogP contribution in [0, 0.1) is 12.7 Å². The van der Waals surface area contributed by atoms with Crippen LogP contribution in [0.3, 0.4) is 0 Å². The van der Waals surface area contributed by atoms with Crippen molar-refractivity contribution in [1.82, 2.24) is 5.32 Å². The Morgan fingerprint density at radius 2 is 2.00 bits per heavy atom. The van der Waals surface area contributed by atoms with Crippen LogP contribution in [-0.4, -0.2) is 6.54 Å². The van der Waals surface area contributed by atoms with Gasteiger partial charge in [0.2, 0.25) is 0 Å². The van der Waals surface area contributed by atoms with Crippen LogP contribution in [0.4, 0.5) is 4.39 Å². The topological polar surface area (TPSA) is 12.0 Å². The molecule has 0 fully saturated rings. The minimum absolute atomic E-state index is 0.138. The average Bonchev–Trinajstić information content (AvgIpc) is 2.68. The van der Waals surface area contributed by atoms with Crippen molar-refractivity contribution in [3.63, 3.8) is 0 Å². The maximum absolute atomic E-state index is 13.6. The van der Waals surface area contributed by atoms with Crippen LogP contribution in [0.1, 0.15) is 36.1 Å². The lowest BCUT2D eigenvalue weighted by molar-refractivity contribution is 0.586. The molecule has 0 aliphatic carbocycles. The summed E-state index contributed by atoms with van der Waals surface area (Å²) in [5.74, 6) is -0.235. The number of benzene rings is 1. The lowest BCUT2D eigenvalue weighted by Crippen LogP contribution is -2.23. The Morgan fingerprint density at radius 3 is 2.55 bits per heavy atom. The molecule has 1 aromatic heterocycles. The summed E-state index contributed by atoms with van der Waals surface area (Å²) < 4.78 is 14.9. The molecule has 1 nitrogen and oxygen atoms in total. The molecule has 0 aliphatic heterocycles. The summed E-state index contributed by atoms with van der Waals surface area (Å²) in [7, 11) is 0. The van der Waals surface area contributed by atoms with Crippen molar-refractivity contribution in [3.8, 4) is 0 Å². The van der Waals surface area contributed by atoms with Gasteiger partial charge in [-0.15, -0.1) is 11.3 Å². The van der Waals surface area contributed by atoms with Gasteiger partial charge in [-0.05, 0) is 49.2 Å². The number of hydrogen-bond acceptors (Lipinski definition) is 2. The van der Waals surface area contributed by atoms with E-state index in [0.717, 1.165) is 29.7 Å². The Kier molecular flexibility index (Phi) is 5.44. The molecule has 1 aromatic carbocycles. The van der Waals surface area contributed by atoms with Gasteiger partial charge in [0.15, 0.2) is 0 Å². The highest BCUT2D eigenvalue weighted by Crippen LogP contribution is 2.37. The van der Waals surface area contributed by atoms with Crippen LogP contribution < -0.4 is 5.32 Å². The van der Waals surface area contributed by atoms with Gasteiger partial charge in [0.1, 0.15) is 5.82 Å². The fraction of sp³-hybridized carbons (Fsp3) is 0.333. The highest BCUT2D eigenvalue weighted by atomic mass is 35.5. The Hall–Kier alpha value is -0.610. The van der Waals surface area contributed by atoms with E-state index in [2.05, 4.69) is 12.2 Å². The number of thiophene rings is 1. The molecule has 0 saturated heterocycles. The molecule has 1 heterocycles. The Morgan fingerprint density at radius 1 is 1.25 bits per heavy atom. The monoisotopic (exact) mass is 331 g/mol. The van der Waals surface area contributed by atoms with Crippen LogP contribution in [0.15, 0.2) is 24.3 Å². The number of rotatable bonds is 5. The van der Waals surface area contributed by atoms with Gasteiger partial charge in [0.25, 0.3) is 0 Å². The van der Waals surface area contributed by atoms with E-state index in [1.807, 2.05) is 19.1 Å². The van der Waals surface area contributed by atoms with E-state index in [1.54, 1.807) is 6.07 Å². The number of hydrogen-bond donors (Lipinski definition) is 1. The van der Waals surface area contributed by atoms with Gasteiger partial charge in [-0.25, -0.2) is 4.39 Å². The summed E-state index contributed by atoms with van der Waals surface area (Å²) in [6, 6.07) is 6.74. The van der Waals surface area contributed by atoms with E-state index in [4.69, 9.17) is 23.2 Å². The summed E-state index contributed by atoms with van der Waals surface area (Å²) in [5.41, 5.74) is 2.66. The quantitative estimate of drug-likeness (QED) is 0.752. The molecule has 2 aromatic rings. The summed E-state index contributed by atoms with van der Waals surface area (Å²) in [4.78, 5) is 0. The molecule has 1 N–H and O–H groups in total. The predicted molar refractivity (Wildman–Crippen MR) is 85.6 cm³/mol. The standard InChI is InChI=1S/C15H16Cl2FNS/c1-3-4-19-14(12-8-13(16)20-15(12)17)10-5-9(2)6-11(18)7-10/h5-8,14,19H,3-4H2,1-2H3. The number of nitrogens with one attached hydrogen (secondary N) is 1. The maximum Gasteiger partial charge on any atom is 0.123 e. The summed E-state index contributed by atoms with van der Waals surface area (Å²) in [6.07, 6.45) is 0.986. The van der Waals surface area contributed by atoms with E-state index in [9.17, 15) is 4.39 Å². The van der Waals surface area contributed by atoms with Crippen molar-refractivity contribution < 1.29 is 4.39 Å². The van der Waals surface area contributed by atoms with Gasteiger partial charge >= 0.3 is 0 Å². The van der Waals surface area contributed by atoms with E-state index in [0.29, 0.717) is 8.67 Å². The molecule has 0 aliphatic rings. The maximum atomic E-state index is 13.6. The average molecular weight is 332 g/mol. The predicted octanol–water partition coefficient (Wildman–Crippen LogP) is 5.59. The second-order valence-corrected chi connectivity index (χ2v) is 7.01. The molecule has 0 spiro atoms. The molecule has 1 atom stereocenters. The van der Waals surface area contributed by atoms with Crippen LogP contribution in [0.5, 0.6) is 0 Å². The zero-order valence-electron chi connectivity index (χ0n) is 11.3. The Balaban J connectivity index is 2.43. The normalized spacial score (nSPS) is 12.7. The first-order valence-electron chi connectivity index (χ1n) is 6.46. The van der Waals surface area contributed by atoms with Gasteiger partial charge in [-0.3, -0.25) is 0 Å². The second kappa shape index (κ2) is 6.90. The van der Waals surface area contributed by atoms with E-state index in [1.165, 1.54) is 17.4 Å². The van der Waals surface area contributed by atoms with Crippen molar-refractivity contribution in [2.24, 2.45) is 0 Å². The molecule has 20 heavy (non-hydrogen) atoms. The minimum Gasteiger partial charge on any atom is -0.306 e. The molecule has 0 radical (unpaired) electrons. The van der Waals surface area contributed by atoms with Gasteiger partial charge in [-0.2, -0.15) is 0 Å². The largest absolute Gasteiger partial charge is 0.306 e. The number of aryl methyl sites for hydroxylation is 1. The minimum atomic E-state index is -0.235. The zero-order valence-corrected chi connectivity index (χ0v) is 13.7. The summed E-state index contributed by atoms with van der Waals surface area (Å²) in [6.45, 7) is 4.79. The van der Waals surface area contributed by atoms with Gasteiger partial charge in [0.05, 0.1) is 14.7 Å². The first-order chi connectivity index (χ1) is 9.51. The first-order valence-corrected chi connectivity index (χ1v) is 8.03. The Bertz CT molecular complexity index is 577. The van der Waals surface area contributed by atoms with E-state index >= 15 is 0 Å². The smallest absolute Gasteiger partial charge is 0.123 e. The third-order valence-corrected chi connectivity index (χ3v) is 4.51. The molecule has 1 unspecified atom stereocenters. The summed E-state index contributed by atoms with van der Waals surface area (Å²) in [5, 5.41) is 3.41. The lowest BCUT2D eigenvalue weighted by atomic mass is 9.99. The molecule has 0 bridgehead atoms. The Labute approximate surface area is 132 Å². The lowest BCUT2D eigenvalue weighted by Gasteiger charge is -2.19. The molecule has 0 amide bonds. The van der Waals surface area contributed by atoms with E-state index < -0.39 is 0 Å². The van der Waals surface area contributed by atoms with Crippen LogP contribution in [-0.2, 0) is 0 Å². The fourth-order valence-electron chi connectivity index (χ4n) is 2.18. The van der Waals surface area contributed by atoms with Crippen LogP contribution >= 0.6 is 34.5 Å². The zero-order chi connectivity index (χ0) is 14.7. The highest BCUT2D eigenvalue weighted by Gasteiger charge is 2.19. The van der Waals surface area contributed by atoms with Crippen molar-refractivity contribution in [3.05, 3.63) is 55.4 Å². The first kappa shape index (κ1) is 15.8. The molecule has 5 heteroatoms. The molecule has 2 rings (SSSR count). The van der Waals surface area contributed by atoms with Crippen LogP contribution in [0.25, 0.3) is 0 Å². The molecular weight excluding hydrogens is 316 g/mol. The molecular formula is C15H16Cl2FNS. The van der Waals surface area contributed by atoms with Gasteiger partial charge < -0.3 is 5.32 Å². The summed E-state index contributed by atoms with van der Waals surface area (Å²) >= 11 is 13.6. The van der Waals surface area contributed by atoms with Crippen molar-refractivity contribution in [2.75, 3.05) is 6.54 Å². The van der Waals surface area contributed by atoms with Crippen molar-refractivity contribution >= 4 is 34.5 Å². The van der Waals surface area contributed by atoms with Crippen molar-refractivity contribution in [2.45, 2.75) is 26.3 Å². The van der Waals surface area contributed by atoms with E-state index in [-0.39, 0.29) is 11.9 Å². The highest BCUT2D eigenvalue weighted by molar-refractivity contribution is 7.20. The third kappa shape index (κ3) is 3.73. The fourth-order valence-corrected chi connectivity index (χ4v) is 3.71. The third-order valence-electron chi connectivity index (χ3n) is 2.99. The molecule has 0 saturated carbocycles.